The highest BCUT2D eigenvalue weighted by Crippen LogP contribution is 2.30. The summed E-state index contributed by atoms with van der Waals surface area (Å²) in [6, 6.07) is 10.8. The van der Waals surface area contributed by atoms with Crippen LogP contribution in [0.4, 0.5) is 5.69 Å². The number of anilines is 1. The van der Waals surface area contributed by atoms with Crippen molar-refractivity contribution < 1.29 is 12.9 Å². The number of nitrogens with one attached hydrogen (secondary N) is 1. The number of nitrogens with zero attached hydrogens (tertiary/aromatic N) is 1. The SMILES string of the molecule is Cc1ccc(NS(=O)(=O)c2cc(-c3onc(C)c3C)ccc2C)cc1C. The van der Waals surface area contributed by atoms with Gasteiger partial charge in [-0.1, -0.05) is 23.4 Å². The predicted molar refractivity (Wildman–Crippen MR) is 103 cm³/mol. The zero-order valence-electron chi connectivity index (χ0n) is 15.5. The highest BCUT2D eigenvalue weighted by atomic mass is 32.2. The molecule has 5 nitrogen and oxygen atoms in total. The third-order valence-corrected chi connectivity index (χ3v) is 6.18. The first-order valence-corrected chi connectivity index (χ1v) is 9.81. The maximum absolute atomic E-state index is 12.9. The topological polar surface area (TPSA) is 72.2 Å². The molecule has 6 heteroatoms. The van der Waals surface area contributed by atoms with Crippen LogP contribution in [0.1, 0.15) is 27.9 Å². The van der Waals surface area contributed by atoms with Crippen LogP contribution >= 0.6 is 0 Å². The molecule has 26 heavy (non-hydrogen) atoms. The van der Waals surface area contributed by atoms with Gasteiger partial charge in [-0.05, 0) is 69.5 Å². The second-order valence-electron chi connectivity index (χ2n) is 6.61. The van der Waals surface area contributed by atoms with Crippen LogP contribution in [-0.4, -0.2) is 13.6 Å². The molecule has 136 valence electrons. The minimum absolute atomic E-state index is 0.224. The van der Waals surface area contributed by atoms with E-state index in [-0.39, 0.29) is 4.90 Å². The Labute approximate surface area is 154 Å². The van der Waals surface area contributed by atoms with E-state index in [1.165, 1.54) is 0 Å². The summed E-state index contributed by atoms with van der Waals surface area (Å²) in [7, 11) is -3.72. The quantitative estimate of drug-likeness (QED) is 0.723. The second kappa shape index (κ2) is 6.61. The van der Waals surface area contributed by atoms with Crippen molar-refractivity contribution in [2.45, 2.75) is 39.5 Å². The molecule has 1 heterocycles. The molecule has 0 aliphatic carbocycles. The van der Waals surface area contributed by atoms with Crippen LogP contribution in [0, 0.1) is 34.6 Å². The fourth-order valence-electron chi connectivity index (χ4n) is 2.73. The van der Waals surface area contributed by atoms with E-state index in [9.17, 15) is 8.42 Å². The molecule has 0 unspecified atom stereocenters. The number of hydrogen-bond donors (Lipinski definition) is 1. The van der Waals surface area contributed by atoms with Crippen LogP contribution in [0.3, 0.4) is 0 Å². The van der Waals surface area contributed by atoms with Crippen molar-refractivity contribution in [1.29, 1.82) is 0 Å². The Morgan fingerprint density at radius 2 is 1.58 bits per heavy atom. The molecule has 0 bridgehead atoms. The standard InChI is InChI=1S/C20H22N2O3S/c1-12-7-9-18(10-14(12)3)22-26(23,24)19-11-17(8-6-13(19)2)20-15(4)16(5)21-25-20/h6-11,22H,1-5H3. The van der Waals surface area contributed by atoms with E-state index in [2.05, 4.69) is 9.88 Å². The summed E-state index contributed by atoms with van der Waals surface area (Å²) in [5.74, 6) is 0.588. The van der Waals surface area contributed by atoms with E-state index in [0.717, 1.165) is 22.4 Å². The van der Waals surface area contributed by atoms with Gasteiger partial charge in [0.1, 0.15) is 0 Å². The van der Waals surface area contributed by atoms with Gasteiger partial charge in [0.15, 0.2) is 5.76 Å². The zero-order chi connectivity index (χ0) is 19.1. The molecule has 0 saturated carbocycles. The van der Waals surface area contributed by atoms with Gasteiger partial charge in [-0.2, -0.15) is 0 Å². The second-order valence-corrected chi connectivity index (χ2v) is 8.26. The van der Waals surface area contributed by atoms with Gasteiger partial charge in [0, 0.05) is 16.8 Å². The molecule has 0 amide bonds. The third-order valence-electron chi connectivity index (χ3n) is 4.66. The molecule has 0 aliphatic heterocycles. The Morgan fingerprint density at radius 1 is 0.885 bits per heavy atom. The Morgan fingerprint density at radius 3 is 2.19 bits per heavy atom. The smallest absolute Gasteiger partial charge is 0.262 e. The van der Waals surface area contributed by atoms with Crippen molar-refractivity contribution in [2.24, 2.45) is 0 Å². The molecule has 0 aliphatic rings. The molecule has 2 aromatic carbocycles. The molecule has 0 fully saturated rings. The number of rotatable bonds is 4. The lowest BCUT2D eigenvalue weighted by Gasteiger charge is -2.12. The van der Waals surface area contributed by atoms with Gasteiger partial charge in [-0.25, -0.2) is 8.42 Å². The first-order valence-electron chi connectivity index (χ1n) is 8.33. The molecule has 3 aromatic rings. The van der Waals surface area contributed by atoms with Crippen molar-refractivity contribution in [3.8, 4) is 11.3 Å². The third kappa shape index (κ3) is 3.37. The number of hydrogen-bond acceptors (Lipinski definition) is 4. The van der Waals surface area contributed by atoms with E-state index in [4.69, 9.17) is 4.52 Å². The number of aryl methyl sites for hydroxylation is 4. The summed E-state index contributed by atoms with van der Waals surface area (Å²) < 4.78 is 33.9. The zero-order valence-corrected chi connectivity index (χ0v) is 16.4. The Bertz CT molecular complexity index is 1080. The first kappa shape index (κ1) is 18.2. The highest BCUT2D eigenvalue weighted by Gasteiger charge is 2.20. The minimum atomic E-state index is -3.72. The molecule has 1 N–H and O–H groups in total. The van der Waals surface area contributed by atoms with Crippen LogP contribution in [0.5, 0.6) is 0 Å². The van der Waals surface area contributed by atoms with Crippen LogP contribution in [0.15, 0.2) is 45.8 Å². The molecule has 0 saturated heterocycles. The summed E-state index contributed by atoms with van der Waals surface area (Å²) in [5.41, 5.74) is 5.74. The van der Waals surface area contributed by atoms with Crippen molar-refractivity contribution in [3.63, 3.8) is 0 Å². The summed E-state index contributed by atoms with van der Waals surface area (Å²) >= 11 is 0. The fraction of sp³-hybridized carbons (Fsp3) is 0.250. The van der Waals surface area contributed by atoms with Crippen LogP contribution in [-0.2, 0) is 10.0 Å². The molecule has 0 spiro atoms. The van der Waals surface area contributed by atoms with Gasteiger partial charge >= 0.3 is 0 Å². The molecule has 1 aromatic heterocycles. The maximum Gasteiger partial charge on any atom is 0.262 e. The van der Waals surface area contributed by atoms with Crippen molar-refractivity contribution in [1.82, 2.24) is 5.16 Å². The number of benzene rings is 2. The van der Waals surface area contributed by atoms with Gasteiger partial charge in [0.2, 0.25) is 0 Å². The summed E-state index contributed by atoms with van der Waals surface area (Å²) in [4.78, 5) is 0.224. The highest BCUT2D eigenvalue weighted by molar-refractivity contribution is 7.92. The van der Waals surface area contributed by atoms with Gasteiger partial charge in [-0.15, -0.1) is 0 Å². The monoisotopic (exact) mass is 370 g/mol. The molecular weight excluding hydrogens is 348 g/mol. The Balaban J connectivity index is 2.03. The van der Waals surface area contributed by atoms with E-state index >= 15 is 0 Å². The molecule has 3 rings (SSSR count). The van der Waals surface area contributed by atoms with Gasteiger partial charge in [0.05, 0.1) is 10.6 Å². The fourth-order valence-corrected chi connectivity index (χ4v) is 4.05. The average molecular weight is 370 g/mol. The first-order chi connectivity index (χ1) is 12.2. The minimum Gasteiger partial charge on any atom is -0.356 e. The van der Waals surface area contributed by atoms with Crippen LogP contribution in [0.25, 0.3) is 11.3 Å². The van der Waals surface area contributed by atoms with Crippen LogP contribution in [0.2, 0.25) is 0 Å². The normalized spacial score (nSPS) is 11.6. The summed E-state index contributed by atoms with van der Waals surface area (Å²) in [6.45, 7) is 9.48. The van der Waals surface area contributed by atoms with Gasteiger partial charge in [0.25, 0.3) is 10.0 Å². The predicted octanol–water partition coefficient (Wildman–Crippen LogP) is 4.68. The molecular formula is C20H22N2O3S. The maximum atomic E-state index is 12.9. The van der Waals surface area contributed by atoms with E-state index in [0.29, 0.717) is 22.6 Å². The Hall–Kier alpha value is -2.60. The van der Waals surface area contributed by atoms with E-state index in [1.54, 1.807) is 25.1 Å². The number of sulfonamides is 1. The van der Waals surface area contributed by atoms with Crippen molar-refractivity contribution in [3.05, 3.63) is 64.3 Å². The largest absolute Gasteiger partial charge is 0.356 e. The number of aromatic nitrogens is 1. The molecule has 0 atom stereocenters. The van der Waals surface area contributed by atoms with Crippen molar-refractivity contribution in [2.75, 3.05) is 4.72 Å². The summed E-state index contributed by atoms with van der Waals surface area (Å²) in [6.07, 6.45) is 0. The lowest BCUT2D eigenvalue weighted by molar-refractivity contribution is 0.427. The van der Waals surface area contributed by atoms with Crippen LogP contribution < -0.4 is 4.72 Å². The summed E-state index contributed by atoms with van der Waals surface area (Å²) in [5, 5.41) is 3.95. The van der Waals surface area contributed by atoms with E-state index in [1.807, 2.05) is 45.9 Å². The van der Waals surface area contributed by atoms with Gasteiger partial charge < -0.3 is 4.52 Å². The lowest BCUT2D eigenvalue weighted by atomic mass is 10.1. The van der Waals surface area contributed by atoms with Gasteiger partial charge in [-0.3, -0.25) is 4.72 Å². The van der Waals surface area contributed by atoms with E-state index < -0.39 is 10.0 Å². The average Bonchev–Trinajstić information content (AvgIpc) is 2.90. The lowest BCUT2D eigenvalue weighted by Crippen LogP contribution is -2.14. The molecule has 0 radical (unpaired) electrons. The van der Waals surface area contributed by atoms with Crippen molar-refractivity contribution >= 4 is 15.7 Å². The Kier molecular flexibility index (Phi) is 4.63.